The number of nitrogens with zero attached hydrogens (tertiary/aromatic N) is 4. The third-order valence-electron chi connectivity index (χ3n) is 13.5. The highest BCUT2D eigenvalue weighted by Gasteiger charge is 2.38. The minimum Gasteiger partial charge on any atom is -0.492 e. The smallest absolute Gasteiger partial charge is 0.266 e. The zero-order valence-electron chi connectivity index (χ0n) is 37.2. The van der Waals surface area contributed by atoms with Gasteiger partial charge in [-0.15, -0.1) is 0 Å². The van der Waals surface area contributed by atoms with Crippen LogP contribution < -0.4 is 25.6 Å². The number of hydrogen-bond acceptors (Lipinski definition) is 10. The number of carbonyl (C=O) groups is 4. The van der Waals surface area contributed by atoms with Crippen LogP contribution in [0.2, 0.25) is 0 Å². The lowest BCUT2D eigenvalue weighted by atomic mass is 9.81. The van der Waals surface area contributed by atoms with Gasteiger partial charge in [0.2, 0.25) is 17.7 Å². The van der Waals surface area contributed by atoms with Gasteiger partial charge in [-0.25, -0.2) is 13.8 Å². The van der Waals surface area contributed by atoms with E-state index in [1.807, 2.05) is 48.2 Å². The van der Waals surface area contributed by atoms with Crippen LogP contribution in [-0.4, -0.2) is 136 Å². The first-order valence-electron chi connectivity index (χ1n) is 23.0. The Morgan fingerprint density at radius 2 is 1.56 bits per heavy atom. The summed E-state index contributed by atoms with van der Waals surface area (Å²) in [5.74, 6) is 1.81. The molecule has 2 saturated heterocycles. The Balaban J connectivity index is 0.939. The molecular weight excluding hydrogens is 797 g/mol. The Hall–Kier alpha value is -4.21. The van der Waals surface area contributed by atoms with Gasteiger partial charge < -0.3 is 40.4 Å². The first-order valence-corrected chi connectivity index (χ1v) is 23.0. The second-order valence-corrected chi connectivity index (χ2v) is 17.6. The van der Waals surface area contributed by atoms with Crippen molar-refractivity contribution in [1.82, 2.24) is 30.7 Å². The van der Waals surface area contributed by atoms with Crippen molar-refractivity contribution in [2.24, 2.45) is 17.8 Å². The number of hydrogen-bond donors (Lipinski definition) is 4. The average molecular weight is 868 g/mol. The van der Waals surface area contributed by atoms with E-state index in [9.17, 15) is 33.1 Å². The number of halogens is 2. The fourth-order valence-electron chi connectivity index (χ4n) is 9.41. The van der Waals surface area contributed by atoms with Crippen molar-refractivity contribution in [1.29, 1.82) is 0 Å². The normalized spacial score (nSPS) is 20.9. The molecular formula is C47H71F2N7O6. The summed E-state index contributed by atoms with van der Waals surface area (Å²) >= 11 is 0. The van der Waals surface area contributed by atoms with Gasteiger partial charge in [0, 0.05) is 77.3 Å². The maximum atomic E-state index is 13.6. The van der Waals surface area contributed by atoms with Crippen LogP contribution in [0.4, 0.5) is 14.6 Å². The Kier molecular flexibility index (Phi) is 19.4. The lowest BCUT2D eigenvalue weighted by Crippen LogP contribution is -2.52. The maximum Gasteiger partial charge on any atom is 0.266 e. The van der Waals surface area contributed by atoms with Gasteiger partial charge in [-0.2, -0.15) is 0 Å². The number of piperazine rings is 1. The third kappa shape index (κ3) is 13.9. The summed E-state index contributed by atoms with van der Waals surface area (Å²) in [5, 5.41) is 19.1. The molecule has 5 rings (SSSR count). The summed E-state index contributed by atoms with van der Waals surface area (Å²) in [4.78, 5) is 61.3. The summed E-state index contributed by atoms with van der Waals surface area (Å²) in [6.45, 7) is 9.13. The molecule has 1 saturated carbocycles. The molecule has 0 radical (unpaired) electrons. The molecule has 344 valence electrons. The average Bonchev–Trinajstić information content (AvgIpc) is 3.30. The molecule has 15 heteroatoms. The largest absolute Gasteiger partial charge is 0.492 e. The fraction of sp³-hybridized carbons (Fsp3) is 0.681. The Labute approximate surface area is 367 Å². The molecule has 4 N–H and O–H groups in total. The fourth-order valence-corrected chi connectivity index (χ4v) is 9.41. The van der Waals surface area contributed by atoms with Crippen molar-refractivity contribution in [3.05, 3.63) is 53.7 Å². The number of ether oxygens (including phenoxy) is 1. The van der Waals surface area contributed by atoms with E-state index in [1.165, 1.54) is 0 Å². The van der Waals surface area contributed by atoms with Crippen LogP contribution in [0.3, 0.4) is 0 Å². The Morgan fingerprint density at radius 3 is 2.16 bits per heavy atom. The SMILES string of the molecule is CCC(CCC(O)(CCNC)C(F)F)c1ccc(OCCNC(=O)C2CCC(C(=O)N3CCN(CC4CCN(c5ccc(C(CCC=O)C(=O)NC)cn5)CC4)CC3)CC2)cc1. The number of amides is 3. The van der Waals surface area contributed by atoms with Crippen LogP contribution in [0.15, 0.2) is 42.6 Å². The summed E-state index contributed by atoms with van der Waals surface area (Å²) in [7, 11) is 3.29. The number of likely N-dealkylation sites (N-methyl/N-ethyl adjacent to an activating group) is 1. The van der Waals surface area contributed by atoms with Gasteiger partial charge in [-0.1, -0.05) is 25.1 Å². The lowest BCUT2D eigenvalue weighted by Gasteiger charge is -2.40. The summed E-state index contributed by atoms with van der Waals surface area (Å²) in [6, 6.07) is 11.5. The number of anilines is 1. The summed E-state index contributed by atoms with van der Waals surface area (Å²) in [6.07, 6.45) is 6.83. The zero-order valence-corrected chi connectivity index (χ0v) is 37.2. The first kappa shape index (κ1) is 48.8. The van der Waals surface area contributed by atoms with Crippen LogP contribution in [0, 0.1) is 17.8 Å². The van der Waals surface area contributed by atoms with Crippen molar-refractivity contribution in [3.63, 3.8) is 0 Å². The van der Waals surface area contributed by atoms with Crippen molar-refractivity contribution in [2.45, 2.75) is 108 Å². The molecule has 3 fully saturated rings. The summed E-state index contributed by atoms with van der Waals surface area (Å²) in [5.41, 5.74) is -0.163. The molecule has 1 aromatic heterocycles. The molecule has 2 aliphatic heterocycles. The lowest BCUT2D eigenvalue weighted by molar-refractivity contribution is -0.140. The molecule has 1 aromatic carbocycles. The molecule has 3 heterocycles. The second kappa shape index (κ2) is 24.6. The number of benzene rings is 1. The van der Waals surface area contributed by atoms with Crippen LogP contribution in [0.1, 0.15) is 107 Å². The Morgan fingerprint density at radius 1 is 0.887 bits per heavy atom. The van der Waals surface area contributed by atoms with E-state index in [0.29, 0.717) is 63.5 Å². The van der Waals surface area contributed by atoms with E-state index in [-0.39, 0.29) is 54.2 Å². The summed E-state index contributed by atoms with van der Waals surface area (Å²) < 4.78 is 33.1. The molecule has 1 aliphatic carbocycles. The minimum absolute atomic E-state index is 0.000545. The molecule has 0 bridgehead atoms. The zero-order chi connectivity index (χ0) is 44.5. The number of aldehydes is 1. The number of alkyl halides is 2. The minimum atomic E-state index is -2.80. The topological polar surface area (TPSA) is 156 Å². The second-order valence-electron chi connectivity index (χ2n) is 17.6. The van der Waals surface area contributed by atoms with E-state index >= 15 is 0 Å². The van der Waals surface area contributed by atoms with Crippen LogP contribution in [0.5, 0.6) is 5.75 Å². The number of nitrogens with one attached hydrogen (secondary N) is 3. The van der Waals surface area contributed by atoms with Gasteiger partial charge in [-0.3, -0.25) is 19.3 Å². The first-order chi connectivity index (χ1) is 30.0. The van der Waals surface area contributed by atoms with Gasteiger partial charge >= 0.3 is 0 Å². The van der Waals surface area contributed by atoms with E-state index in [2.05, 4.69) is 30.7 Å². The quantitative estimate of drug-likeness (QED) is 0.0873. The van der Waals surface area contributed by atoms with Gasteiger partial charge in [0.15, 0.2) is 0 Å². The number of aromatic nitrogens is 1. The van der Waals surface area contributed by atoms with Gasteiger partial charge in [-0.05, 0) is 125 Å². The van der Waals surface area contributed by atoms with Crippen molar-refractivity contribution < 1.29 is 37.8 Å². The third-order valence-corrected chi connectivity index (χ3v) is 13.5. The number of aliphatic hydroxyl groups is 1. The number of carbonyl (C=O) groups excluding carboxylic acids is 4. The molecule has 3 atom stereocenters. The van der Waals surface area contributed by atoms with Gasteiger partial charge in [0.1, 0.15) is 30.1 Å². The number of piperidine rings is 1. The Bertz CT molecular complexity index is 1680. The standard InChI is InChI=1S/C47H71F2N7O6/c1-4-35(17-20-47(61,46(48)49)21-22-50-2)36-11-14-40(15-12-36)62-31-23-52-43(58)37-7-9-38(10-8-37)45(60)56-28-26-54(27-29-56)33-34-18-24-55(25-19-34)42-16-13-39(32-53-42)41(6-5-30-57)44(59)51-3/h11-16,30,32,34-35,37-38,41,46,50,61H,4-10,17-29,31,33H2,1-3H3,(H,51,59)(H,52,58). The predicted molar refractivity (Wildman–Crippen MR) is 236 cm³/mol. The number of pyridine rings is 1. The van der Waals surface area contributed by atoms with Crippen molar-refractivity contribution in [3.8, 4) is 5.75 Å². The monoisotopic (exact) mass is 868 g/mol. The van der Waals surface area contributed by atoms with E-state index in [4.69, 9.17) is 4.74 Å². The predicted octanol–water partition coefficient (Wildman–Crippen LogP) is 5.13. The van der Waals surface area contributed by atoms with Crippen molar-refractivity contribution >= 4 is 29.8 Å². The molecule has 3 amide bonds. The molecule has 0 spiro atoms. The maximum absolute atomic E-state index is 13.6. The highest BCUT2D eigenvalue weighted by molar-refractivity contribution is 5.83. The highest BCUT2D eigenvalue weighted by Crippen LogP contribution is 2.34. The highest BCUT2D eigenvalue weighted by atomic mass is 19.3. The van der Waals surface area contributed by atoms with Crippen molar-refractivity contribution in [2.75, 3.05) is 84.5 Å². The molecule has 3 aliphatic rings. The molecule has 62 heavy (non-hydrogen) atoms. The van der Waals surface area contributed by atoms with Crippen LogP contribution in [-0.2, 0) is 19.2 Å². The van der Waals surface area contributed by atoms with E-state index in [0.717, 1.165) is 101 Å². The molecule has 3 unspecified atom stereocenters. The van der Waals surface area contributed by atoms with Gasteiger partial charge in [0.05, 0.1) is 12.5 Å². The van der Waals surface area contributed by atoms with Crippen LogP contribution in [0.25, 0.3) is 0 Å². The number of rotatable bonds is 23. The molecule has 13 nitrogen and oxygen atoms in total. The van der Waals surface area contributed by atoms with E-state index in [1.54, 1.807) is 20.3 Å². The van der Waals surface area contributed by atoms with Gasteiger partial charge in [0.25, 0.3) is 6.43 Å². The van der Waals surface area contributed by atoms with Crippen LogP contribution >= 0.6 is 0 Å². The molecule has 2 aromatic rings. The van der Waals surface area contributed by atoms with E-state index < -0.39 is 12.0 Å².